The van der Waals surface area contributed by atoms with Crippen molar-refractivity contribution in [2.75, 3.05) is 20.6 Å². The number of primary amides is 1. The van der Waals surface area contributed by atoms with Crippen molar-refractivity contribution in [2.45, 2.75) is 0 Å². The summed E-state index contributed by atoms with van der Waals surface area (Å²) < 4.78 is 0. The summed E-state index contributed by atoms with van der Waals surface area (Å²) in [5.41, 5.74) is 4.81. The molecule has 3 N–H and O–H groups in total. The maximum absolute atomic E-state index is 9.99. The highest BCUT2D eigenvalue weighted by molar-refractivity contribution is 5.75. The lowest BCUT2D eigenvalue weighted by atomic mass is 10.6. The number of nitrogens with zero attached hydrogens (tertiary/aromatic N) is 1. The lowest BCUT2D eigenvalue weighted by Crippen LogP contribution is -2.27. The molecule has 0 spiro atoms. The first kappa shape index (κ1) is 11.7. The monoisotopic (exact) mass is 148 g/mol. The highest BCUT2D eigenvalue weighted by Gasteiger charge is 1.92. The molecule has 60 valence electrons. The Morgan fingerprint density at radius 3 is 2.00 bits per heavy atom. The predicted octanol–water partition coefficient (Wildman–Crippen LogP) is -1.27. The van der Waals surface area contributed by atoms with E-state index in [0.29, 0.717) is 6.54 Å². The molecular weight excluding hydrogens is 136 g/mol. The third-order valence-electron chi connectivity index (χ3n) is 0.472. The predicted molar refractivity (Wildman–Crippen MR) is 36.4 cm³/mol. The van der Waals surface area contributed by atoms with Crippen LogP contribution in [0.1, 0.15) is 0 Å². The first-order valence-electron chi connectivity index (χ1n) is 2.55. The molecule has 0 saturated heterocycles. The van der Waals surface area contributed by atoms with Crippen LogP contribution < -0.4 is 5.73 Å². The van der Waals surface area contributed by atoms with Gasteiger partial charge in [0.1, 0.15) is 0 Å². The quantitative estimate of drug-likeness (QED) is 0.478. The van der Waals surface area contributed by atoms with E-state index in [4.69, 9.17) is 15.6 Å². The number of carbonyl (C=O) groups is 2. The van der Waals surface area contributed by atoms with Crippen LogP contribution in [0.15, 0.2) is 0 Å². The Hall–Kier alpha value is -1.10. The van der Waals surface area contributed by atoms with Crippen LogP contribution in [0.5, 0.6) is 0 Å². The topological polar surface area (TPSA) is 83.6 Å². The van der Waals surface area contributed by atoms with E-state index in [9.17, 15) is 4.79 Å². The van der Waals surface area contributed by atoms with Gasteiger partial charge in [0, 0.05) is 0 Å². The number of carboxylic acid groups (broad SMARTS) is 1. The van der Waals surface area contributed by atoms with E-state index in [-0.39, 0.29) is 12.4 Å². The van der Waals surface area contributed by atoms with Gasteiger partial charge in [-0.2, -0.15) is 0 Å². The molecule has 0 fully saturated rings. The van der Waals surface area contributed by atoms with Crippen molar-refractivity contribution in [1.82, 2.24) is 4.90 Å². The molecule has 10 heavy (non-hydrogen) atoms. The number of nitrogens with two attached hydrogens (primary N) is 1. The Morgan fingerprint density at radius 2 is 2.00 bits per heavy atom. The fraction of sp³-hybridized carbons (Fsp3) is 0.600. The highest BCUT2D eigenvalue weighted by atomic mass is 16.3. The van der Waals surface area contributed by atoms with Crippen LogP contribution in [-0.2, 0) is 9.59 Å². The van der Waals surface area contributed by atoms with E-state index in [1.165, 1.54) is 0 Å². The van der Waals surface area contributed by atoms with Crippen molar-refractivity contribution in [2.24, 2.45) is 5.73 Å². The van der Waals surface area contributed by atoms with Crippen LogP contribution in [0.25, 0.3) is 0 Å². The average Bonchev–Trinajstić information content (AvgIpc) is 1.62. The van der Waals surface area contributed by atoms with Gasteiger partial charge in [0.15, 0.2) is 0 Å². The van der Waals surface area contributed by atoms with Crippen LogP contribution in [0.2, 0.25) is 0 Å². The van der Waals surface area contributed by atoms with Gasteiger partial charge in [-0.15, -0.1) is 0 Å². The number of amides is 1. The van der Waals surface area contributed by atoms with Crippen molar-refractivity contribution >= 4 is 12.4 Å². The van der Waals surface area contributed by atoms with Crippen LogP contribution in [0, 0.1) is 0 Å². The van der Waals surface area contributed by atoms with Crippen molar-refractivity contribution in [1.29, 1.82) is 0 Å². The molecule has 0 unspecified atom stereocenters. The smallest absolute Gasteiger partial charge is 0.290 e. The van der Waals surface area contributed by atoms with Gasteiger partial charge in [0.25, 0.3) is 6.47 Å². The molecule has 0 aliphatic carbocycles. The summed E-state index contributed by atoms with van der Waals surface area (Å²) in [6, 6.07) is 0. The molecule has 0 radical (unpaired) electrons. The number of rotatable bonds is 2. The zero-order valence-electron chi connectivity index (χ0n) is 6.07. The fourth-order valence-corrected chi connectivity index (χ4v) is 0.312. The molecular formula is C5H12N2O3. The Labute approximate surface area is 59.4 Å². The molecule has 0 heterocycles. The Morgan fingerprint density at radius 1 is 1.70 bits per heavy atom. The first-order chi connectivity index (χ1) is 4.54. The molecule has 5 heteroatoms. The van der Waals surface area contributed by atoms with Crippen molar-refractivity contribution < 1.29 is 14.7 Å². The zero-order chi connectivity index (χ0) is 8.57. The lowest BCUT2D eigenvalue weighted by Gasteiger charge is -2.02. The Bertz CT molecular complexity index is 103. The third kappa shape index (κ3) is 28.6. The van der Waals surface area contributed by atoms with Gasteiger partial charge >= 0.3 is 0 Å². The van der Waals surface area contributed by atoms with E-state index in [2.05, 4.69) is 0 Å². The van der Waals surface area contributed by atoms with E-state index in [0.717, 1.165) is 0 Å². The van der Waals surface area contributed by atoms with Gasteiger partial charge in [-0.1, -0.05) is 0 Å². The normalized spacial score (nSPS) is 7.90. The average molecular weight is 148 g/mol. The van der Waals surface area contributed by atoms with E-state index >= 15 is 0 Å². The van der Waals surface area contributed by atoms with E-state index in [1.54, 1.807) is 19.0 Å². The Balaban J connectivity index is 0. The van der Waals surface area contributed by atoms with Crippen LogP contribution in [0.4, 0.5) is 0 Å². The van der Waals surface area contributed by atoms with Crippen LogP contribution in [-0.4, -0.2) is 43.0 Å². The second-order valence-electron chi connectivity index (χ2n) is 1.81. The lowest BCUT2D eigenvalue weighted by molar-refractivity contribution is -0.123. The molecule has 0 aromatic heterocycles. The minimum Gasteiger partial charge on any atom is -0.483 e. The summed E-state index contributed by atoms with van der Waals surface area (Å²) in [5.74, 6) is -0.287. The summed E-state index contributed by atoms with van der Waals surface area (Å²) in [7, 11) is 3.59. The largest absolute Gasteiger partial charge is 0.483 e. The Kier molecular flexibility index (Phi) is 9.22. The summed E-state index contributed by atoms with van der Waals surface area (Å²) in [5, 5.41) is 6.89. The highest BCUT2D eigenvalue weighted by Crippen LogP contribution is 1.67. The minimum absolute atomic E-state index is 0.250. The molecule has 0 saturated carbocycles. The molecule has 0 aromatic carbocycles. The SMILES string of the molecule is CN(C)CC(N)=O.O=CO. The molecule has 0 bridgehead atoms. The van der Waals surface area contributed by atoms with Gasteiger partial charge in [0.05, 0.1) is 6.54 Å². The van der Waals surface area contributed by atoms with Gasteiger partial charge in [-0.25, -0.2) is 0 Å². The minimum atomic E-state index is -0.287. The second-order valence-corrected chi connectivity index (χ2v) is 1.81. The fourth-order valence-electron chi connectivity index (χ4n) is 0.312. The summed E-state index contributed by atoms with van der Waals surface area (Å²) >= 11 is 0. The number of hydrogen-bond acceptors (Lipinski definition) is 3. The van der Waals surface area contributed by atoms with Crippen molar-refractivity contribution in [3.63, 3.8) is 0 Å². The molecule has 0 atom stereocenters. The van der Waals surface area contributed by atoms with Gasteiger partial charge in [-0.3, -0.25) is 9.59 Å². The summed E-state index contributed by atoms with van der Waals surface area (Å²) in [4.78, 5) is 20.1. The number of likely N-dealkylation sites (N-methyl/N-ethyl adjacent to an activating group) is 1. The zero-order valence-corrected chi connectivity index (χ0v) is 6.07. The van der Waals surface area contributed by atoms with Crippen LogP contribution in [0.3, 0.4) is 0 Å². The summed E-state index contributed by atoms with van der Waals surface area (Å²) in [6.45, 7) is 0.0833. The van der Waals surface area contributed by atoms with Gasteiger partial charge in [0.2, 0.25) is 5.91 Å². The number of hydrogen-bond donors (Lipinski definition) is 2. The van der Waals surface area contributed by atoms with Crippen LogP contribution >= 0.6 is 0 Å². The van der Waals surface area contributed by atoms with Gasteiger partial charge in [-0.05, 0) is 14.1 Å². The van der Waals surface area contributed by atoms with Crippen molar-refractivity contribution in [3.8, 4) is 0 Å². The maximum atomic E-state index is 9.99. The molecule has 5 nitrogen and oxygen atoms in total. The molecule has 0 aliphatic heterocycles. The maximum Gasteiger partial charge on any atom is 0.290 e. The summed E-state index contributed by atoms with van der Waals surface area (Å²) in [6.07, 6.45) is 0. The van der Waals surface area contributed by atoms with E-state index in [1.807, 2.05) is 0 Å². The van der Waals surface area contributed by atoms with Crippen molar-refractivity contribution in [3.05, 3.63) is 0 Å². The molecule has 1 amide bonds. The molecule has 0 aliphatic rings. The molecule has 0 rings (SSSR count). The molecule has 0 aromatic rings. The van der Waals surface area contributed by atoms with E-state index < -0.39 is 0 Å². The third-order valence-corrected chi connectivity index (χ3v) is 0.472. The second kappa shape index (κ2) is 7.90. The number of carbonyl (C=O) groups excluding carboxylic acids is 1. The standard InChI is InChI=1S/C4H10N2O.CH2O2/c1-6(2)3-4(5)7;2-1-3/h3H2,1-2H3,(H2,5,7);1H,(H,2,3). The van der Waals surface area contributed by atoms with Gasteiger partial charge < -0.3 is 15.7 Å². The first-order valence-corrected chi connectivity index (χ1v) is 2.55.